The Hall–Kier alpha value is -2.83. The van der Waals surface area contributed by atoms with Crippen molar-refractivity contribution in [2.45, 2.75) is 165 Å². The van der Waals surface area contributed by atoms with Crippen LogP contribution in [0.5, 0.6) is 0 Å². The fourth-order valence-electron chi connectivity index (χ4n) is 6.06. The molecule has 0 spiro atoms. The minimum absolute atomic E-state index is 0.0219. The molecule has 342 valence electrons. The third-order valence-electron chi connectivity index (χ3n) is 9.67. The minimum atomic E-state index is -1.71. The number of unbranched alkanes of at least 4 members (excludes halogenated alkanes) is 3. The van der Waals surface area contributed by atoms with Gasteiger partial charge >= 0.3 is 5.97 Å². The maximum absolute atomic E-state index is 12.5. The molecule has 11 unspecified atom stereocenters. The summed E-state index contributed by atoms with van der Waals surface area (Å²) in [6.07, 6.45) is 25.2. The first kappa shape index (κ1) is 53.3. The molecule has 0 radical (unpaired) electrons. The van der Waals surface area contributed by atoms with Gasteiger partial charge in [-0.05, 0) is 70.6 Å². The third kappa shape index (κ3) is 22.3. The minimum Gasteiger partial charge on any atom is -0.457 e. The van der Waals surface area contributed by atoms with E-state index in [1.807, 2.05) is 6.92 Å². The van der Waals surface area contributed by atoms with Crippen molar-refractivity contribution < 1.29 is 69.0 Å². The molecule has 60 heavy (non-hydrogen) atoms. The second kappa shape index (κ2) is 33.8. The van der Waals surface area contributed by atoms with Gasteiger partial charge in [0, 0.05) is 13.0 Å². The van der Waals surface area contributed by atoms with Crippen LogP contribution in [0.4, 0.5) is 0 Å². The standard InChI is InChI=1S/C46H74O14/c1-3-5-7-8-9-10-11-12-13-14-15-16-17-18-19-20-21-22-23-24-25-26-27-28-30-55-32-35(58-38(48)29-6-4-2)33-56-45-44(54)42(52)40(50)37(60-45)34-57-46-43(53)41(51)39(49)36(31-47)59-46/h5,7,9-10,12-13,15-16,18-19,21-22,24-25,35-37,39-47,49-54H,3-4,6,8,11,14,17,20,23,26-34H2,1-2H3/b7-5-,10-9-,13-12-,16-15-,19-18-,22-21-,25-24-. The quantitative estimate of drug-likeness (QED) is 0.0290. The number of aliphatic hydroxyl groups excluding tert-OH is 7. The molecule has 14 nitrogen and oxygen atoms in total. The lowest BCUT2D eigenvalue weighted by molar-refractivity contribution is -0.332. The summed E-state index contributed by atoms with van der Waals surface area (Å²) in [5, 5.41) is 71.4. The summed E-state index contributed by atoms with van der Waals surface area (Å²) in [6.45, 7) is 3.14. The average Bonchev–Trinajstić information content (AvgIpc) is 3.25. The average molecular weight is 851 g/mol. The molecule has 0 saturated carbocycles. The third-order valence-corrected chi connectivity index (χ3v) is 9.67. The van der Waals surface area contributed by atoms with Crippen LogP contribution in [0.25, 0.3) is 0 Å². The van der Waals surface area contributed by atoms with Crippen LogP contribution in [-0.4, -0.2) is 142 Å². The van der Waals surface area contributed by atoms with Gasteiger partial charge in [0.2, 0.25) is 0 Å². The maximum Gasteiger partial charge on any atom is 0.306 e. The Morgan fingerprint density at radius 1 is 0.567 bits per heavy atom. The van der Waals surface area contributed by atoms with Gasteiger partial charge in [0.05, 0.1) is 26.4 Å². The molecule has 7 N–H and O–H groups in total. The number of hydrogen-bond donors (Lipinski definition) is 7. The fourth-order valence-corrected chi connectivity index (χ4v) is 6.06. The lowest BCUT2D eigenvalue weighted by Crippen LogP contribution is -2.61. The molecule has 0 aromatic rings. The van der Waals surface area contributed by atoms with Crippen molar-refractivity contribution in [3.63, 3.8) is 0 Å². The molecule has 11 atom stereocenters. The molecule has 2 heterocycles. The van der Waals surface area contributed by atoms with E-state index in [2.05, 4.69) is 92.0 Å². The van der Waals surface area contributed by atoms with Crippen LogP contribution in [0.1, 0.15) is 97.3 Å². The van der Waals surface area contributed by atoms with Crippen LogP contribution in [0.15, 0.2) is 85.1 Å². The van der Waals surface area contributed by atoms with Crippen LogP contribution in [0.2, 0.25) is 0 Å². The first-order valence-corrected chi connectivity index (χ1v) is 21.7. The molecule has 2 aliphatic rings. The van der Waals surface area contributed by atoms with E-state index in [9.17, 15) is 40.5 Å². The molecule has 0 aromatic carbocycles. The van der Waals surface area contributed by atoms with Gasteiger partial charge < -0.3 is 64.2 Å². The van der Waals surface area contributed by atoms with Crippen molar-refractivity contribution in [2.75, 3.05) is 33.0 Å². The van der Waals surface area contributed by atoms with E-state index in [-0.39, 0.29) is 19.6 Å². The van der Waals surface area contributed by atoms with E-state index in [0.717, 1.165) is 70.6 Å². The summed E-state index contributed by atoms with van der Waals surface area (Å²) < 4.78 is 33.6. The number of rotatable bonds is 31. The second-order valence-corrected chi connectivity index (χ2v) is 14.8. The summed E-state index contributed by atoms with van der Waals surface area (Å²) in [5.74, 6) is -0.433. The van der Waals surface area contributed by atoms with Gasteiger partial charge in [-0.25, -0.2) is 0 Å². The number of carbonyl (C=O) groups excluding carboxylic acids is 1. The molecule has 2 rings (SSSR count). The van der Waals surface area contributed by atoms with E-state index < -0.39 is 86.7 Å². The van der Waals surface area contributed by atoms with Crippen LogP contribution in [0, 0.1) is 0 Å². The fraction of sp³-hybridized carbons (Fsp3) is 0.674. The second-order valence-electron chi connectivity index (χ2n) is 14.8. The van der Waals surface area contributed by atoms with Crippen LogP contribution < -0.4 is 0 Å². The topological polar surface area (TPSA) is 214 Å². The molecular weight excluding hydrogens is 776 g/mol. The van der Waals surface area contributed by atoms with Gasteiger partial charge in [0.25, 0.3) is 0 Å². The number of esters is 1. The van der Waals surface area contributed by atoms with Crippen molar-refractivity contribution in [2.24, 2.45) is 0 Å². The zero-order valence-corrected chi connectivity index (χ0v) is 35.6. The van der Waals surface area contributed by atoms with Crippen molar-refractivity contribution in [3.05, 3.63) is 85.1 Å². The Labute approximate surface area is 357 Å². The Morgan fingerprint density at radius 3 is 1.57 bits per heavy atom. The highest BCUT2D eigenvalue weighted by Crippen LogP contribution is 2.26. The largest absolute Gasteiger partial charge is 0.457 e. The zero-order chi connectivity index (χ0) is 43.8. The SMILES string of the molecule is CC/C=C\C/C=C\C/C=C\C/C=C\C/C=C\C/C=C\C/C=C\CCCCOCC(COC1OC(COC2OC(CO)C(O)C(O)C2O)C(O)C(O)C1O)OC(=O)CCCC. The smallest absolute Gasteiger partial charge is 0.306 e. The lowest BCUT2D eigenvalue weighted by Gasteiger charge is -2.42. The lowest BCUT2D eigenvalue weighted by atomic mass is 9.98. The summed E-state index contributed by atoms with van der Waals surface area (Å²) in [7, 11) is 0. The van der Waals surface area contributed by atoms with Crippen LogP contribution in [-0.2, 0) is 33.2 Å². The van der Waals surface area contributed by atoms with Gasteiger partial charge in [0.1, 0.15) is 54.9 Å². The summed E-state index contributed by atoms with van der Waals surface area (Å²) in [5.41, 5.74) is 0. The zero-order valence-electron chi connectivity index (χ0n) is 35.6. The number of hydrogen-bond acceptors (Lipinski definition) is 14. The van der Waals surface area contributed by atoms with Gasteiger partial charge in [-0.15, -0.1) is 0 Å². The normalized spacial score (nSPS) is 28.6. The van der Waals surface area contributed by atoms with E-state index in [4.69, 9.17) is 28.4 Å². The van der Waals surface area contributed by atoms with Crippen molar-refractivity contribution in [3.8, 4) is 0 Å². The molecule has 2 fully saturated rings. The van der Waals surface area contributed by atoms with Gasteiger partial charge in [0.15, 0.2) is 12.6 Å². The predicted octanol–water partition coefficient (Wildman–Crippen LogP) is 4.56. The molecule has 0 aliphatic carbocycles. The number of allylic oxidation sites excluding steroid dienone is 14. The summed E-state index contributed by atoms with van der Waals surface area (Å²) >= 11 is 0. The summed E-state index contributed by atoms with van der Waals surface area (Å²) in [6, 6.07) is 0. The van der Waals surface area contributed by atoms with E-state index in [1.54, 1.807) is 0 Å². The molecule has 0 amide bonds. The highest BCUT2D eigenvalue weighted by molar-refractivity contribution is 5.69. The maximum atomic E-state index is 12.5. The first-order valence-electron chi connectivity index (χ1n) is 21.7. The van der Waals surface area contributed by atoms with E-state index >= 15 is 0 Å². The first-order chi connectivity index (χ1) is 29.1. The highest BCUT2D eigenvalue weighted by Gasteiger charge is 2.47. The highest BCUT2D eigenvalue weighted by atomic mass is 16.7. The number of aliphatic hydroxyl groups is 7. The summed E-state index contributed by atoms with van der Waals surface area (Å²) in [4.78, 5) is 12.5. The van der Waals surface area contributed by atoms with Crippen molar-refractivity contribution in [1.82, 2.24) is 0 Å². The molecule has 0 aromatic heterocycles. The molecule has 2 saturated heterocycles. The molecular formula is C46H74O14. The van der Waals surface area contributed by atoms with E-state index in [0.29, 0.717) is 13.0 Å². The van der Waals surface area contributed by atoms with Crippen LogP contribution >= 0.6 is 0 Å². The number of carbonyl (C=O) groups is 1. The monoisotopic (exact) mass is 851 g/mol. The Morgan fingerprint density at radius 2 is 1.05 bits per heavy atom. The van der Waals surface area contributed by atoms with Gasteiger partial charge in [-0.3, -0.25) is 4.79 Å². The Bertz CT molecular complexity index is 1310. The van der Waals surface area contributed by atoms with Crippen LogP contribution in [0.3, 0.4) is 0 Å². The predicted molar refractivity (Wildman–Crippen MR) is 228 cm³/mol. The molecule has 14 heteroatoms. The molecule has 0 bridgehead atoms. The Kier molecular flexibility index (Phi) is 30.0. The Balaban J connectivity index is 1.67. The van der Waals surface area contributed by atoms with Crippen molar-refractivity contribution >= 4 is 5.97 Å². The number of ether oxygens (including phenoxy) is 6. The van der Waals surface area contributed by atoms with E-state index in [1.165, 1.54) is 0 Å². The molecule has 2 aliphatic heterocycles. The van der Waals surface area contributed by atoms with Gasteiger partial charge in [-0.1, -0.05) is 105 Å². The van der Waals surface area contributed by atoms with Crippen molar-refractivity contribution in [1.29, 1.82) is 0 Å². The van der Waals surface area contributed by atoms with Gasteiger partial charge in [-0.2, -0.15) is 0 Å².